The smallest absolute Gasteiger partial charge is 0.335 e. The van der Waals surface area contributed by atoms with Crippen molar-refractivity contribution in [3.05, 3.63) is 35.4 Å². The number of carboxylic acid groups (broad SMARTS) is 1. The number of ether oxygens (including phenoxy) is 1. The van der Waals surface area contributed by atoms with Crippen LogP contribution in [0.5, 0.6) is 0 Å². The van der Waals surface area contributed by atoms with Crippen LogP contribution in [-0.2, 0) is 4.74 Å². The molecule has 0 bridgehead atoms. The van der Waals surface area contributed by atoms with Gasteiger partial charge in [-0.3, -0.25) is 4.79 Å². The van der Waals surface area contributed by atoms with Crippen molar-refractivity contribution in [3.63, 3.8) is 0 Å². The highest BCUT2D eigenvalue weighted by molar-refractivity contribution is 5.95. The summed E-state index contributed by atoms with van der Waals surface area (Å²) in [5.41, 5.74) is 0.651. The van der Waals surface area contributed by atoms with E-state index in [1.807, 2.05) is 0 Å². The number of rotatable bonds is 8. The van der Waals surface area contributed by atoms with Gasteiger partial charge in [0, 0.05) is 25.8 Å². The molecule has 0 atom stereocenters. The maximum absolute atomic E-state index is 11.7. The Morgan fingerprint density at radius 1 is 1.11 bits per heavy atom. The molecule has 2 N–H and O–H groups in total. The van der Waals surface area contributed by atoms with E-state index < -0.39 is 5.97 Å². The van der Waals surface area contributed by atoms with Gasteiger partial charge < -0.3 is 15.2 Å². The van der Waals surface area contributed by atoms with Crippen molar-refractivity contribution in [2.24, 2.45) is 0 Å². The second-order valence-electron chi connectivity index (χ2n) is 4.19. The molecule has 1 rings (SSSR count). The Hall–Kier alpha value is -1.88. The Labute approximate surface area is 112 Å². The first-order chi connectivity index (χ1) is 9.15. The normalized spacial score (nSPS) is 10.2. The number of amides is 1. The molecule has 0 unspecified atom stereocenters. The summed E-state index contributed by atoms with van der Waals surface area (Å²) in [6.07, 6.45) is 2.90. The summed E-state index contributed by atoms with van der Waals surface area (Å²) < 4.78 is 4.93. The zero-order valence-corrected chi connectivity index (χ0v) is 11.0. The molecule has 0 spiro atoms. The van der Waals surface area contributed by atoms with E-state index in [1.165, 1.54) is 24.3 Å². The van der Waals surface area contributed by atoms with Gasteiger partial charge in [-0.15, -0.1) is 0 Å². The number of aromatic carboxylic acids is 1. The predicted molar refractivity (Wildman–Crippen MR) is 71.5 cm³/mol. The number of benzene rings is 1. The largest absolute Gasteiger partial charge is 0.478 e. The fourth-order valence-corrected chi connectivity index (χ4v) is 1.62. The summed E-state index contributed by atoms with van der Waals surface area (Å²) in [7, 11) is 1.67. The van der Waals surface area contributed by atoms with Crippen molar-refractivity contribution in [2.45, 2.75) is 19.3 Å². The lowest BCUT2D eigenvalue weighted by Gasteiger charge is -2.05. The molecule has 104 valence electrons. The number of hydrogen-bond donors (Lipinski definition) is 2. The average Bonchev–Trinajstić information content (AvgIpc) is 2.42. The number of hydrogen-bond acceptors (Lipinski definition) is 3. The van der Waals surface area contributed by atoms with E-state index in [1.54, 1.807) is 7.11 Å². The maximum Gasteiger partial charge on any atom is 0.335 e. The molecule has 0 aliphatic heterocycles. The van der Waals surface area contributed by atoms with Gasteiger partial charge in [-0.1, -0.05) is 0 Å². The van der Waals surface area contributed by atoms with E-state index in [2.05, 4.69) is 5.32 Å². The average molecular weight is 265 g/mol. The molecule has 0 saturated heterocycles. The molecule has 0 fully saturated rings. The first kappa shape index (κ1) is 15.2. The second-order valence-corrected chi connectivity index (χ2v) is 4.19. The van der Waals surface area contributed by atoms with Crippen LogP contribution in [0.4, 0.5) is 0 Å². The Balaban J connectivity index is 2.31. The van der Waals surface area contributed by atoms with Crippen molar-refractivity contribution in [1.29, 1.82) is 0 Å². The molecule has 0 saturated carbocycles. The third-order valence-corrected chi connectivity index (χ3v) is 2.70. The Bertz CT molecular complexity index is 414. The SMILES string of the molecule is COCCCCCNC(=O)c1ccc(C(=O)O)cc1. The van der Waals surface area contributed by atoms with Gasteiger partial charge >= 0.3 is 5.97 Å². The van der Waals surface area contributed by atoms with Crippen molar-refractivity contribution in [3.8, 4) is 0 Å². The lowest BCUT2D eigenvalue weighted by atomic mass is 10.1. The van der Waals surface area contributed by atoms with Gasteiger partial charge in [0.25, 0.3) is 5.91 Å². The lowest BCUT2D eigenvalue weighted by molar-refractivity contribution is 0.0696. The van der Waals surface area contributed by atoms with Crippen molar-refractivity contribution in [1.82, 2.24) is 5.32 Å². The highest BCUT2D eigenvalue weighted by atomic mass is 16.5. The highest BCUT2D eigenvalue weighted by Crippen LogP contribution is 2.04. The van der Waals surface area contributed by atoms with Crippen LogP contribution in [0.25, 0.3) is 0 Å². The third kappa shape index (κ3) is 5.52. The molecule has 0 aliphatic rings. The molecule has 1 aromatic carbocycles. The lowest BCUT2D eigenvalue weighted by Crippen LogP contribution is -2.24. The van der Waals surface area contributed by atoms with E-state index in [0.29, 0.717) is 12.1 Å². The third-order valence-electron chi connectivity index (χ3n) is 2.70. The van der Waals surface area contributed by atoms with Crippen LogP contribution < -0.4 is 5.32 Å². The molecular weight excluding hydrogens is 246 g/mol. The molecule has 19 heavy (non-hydrogen) atoms. The van der Waals surface area contributed by atoms with Gasteiger partial charge in [-0.25, -0.2) is 4.79 Å². The van der Waals surface area contributed by atoms with Crippen molar-refractivity contribution < 1.29 is 19.4 Å². The molecule has 1 aromatic rings. The number of unbranched alkanes of at least 4 members (excludes halogenated alkanes) is 2. The molecular formula is C14H19NO4. The molecule has 0 heterocycles. The zero-order chi connectivity index (χ0) is 14.1. The molecule has 0 aromatic heterocycles. The molecule has 5 nitrogen and oxygen atoms in total. The van der Waals surface area contributed by atoms with Gasteiger partial charge in [0.1, 0.15) is 0 Å². The van der Waals surface area contributed by atoms with Crippen LogP contribution >= 0.6 is 0 Å². The summed E-state index contributed by atoms with van der Waals surface area (Å²) >= 11 is 0. The summed E-state index contributed by atoms with van der Waals surface area (Å²) in [4.78, 5) is 22.4. The van der Waals surface area contributed by atoms with Gasteiger partial charge in [-0.2, -0.15) is 0 Å². The minimum Gasteiger partial charge on any atom is -0.478 e. The van der Waals surface area contributed by atoms with Crippen LogP contribution in [-0.4, -0.2) is 37.2 Å². The van der Waals surface area contributed by atoms with E-state index in [4.69, 9.17) is 9.84 Å². The van der Waals surface area contributed by atoms with E-state index in [9.17, 15) is 9.59 Å². The summed E-state index contributed by atoms with van der Waals surface area (Å²) in [6.45, 7) is 1.35. The topological polar surface area (TPSA) is 75.6 Å². The monoisotopic (exact) mass is 265 g/mol. The number of carbonyl (C=O) groups excluding carboxylic acids is 1. The minimum absolute atomic E-state index is 0.177. The summed E-state index contributed by atoms with van der Waals surface area (Å²) in [6, 6.07) is 5.89. The Morgan fingerprint density at radius 3 is 2.32 bits per heavy atom. The van der Waals surface area contributed by atoms with Gasteiger partial charge in [0.05, 0.1) is 5.56 Å². The summed E-state index contributed by atoms with van der Waals surface area (Å²) in [5.74, 6) is -1.17. The van der Waals surface area contributed by atoms with Crippen LogP contribution in [0.3, 0.4) is 0 Å². The van der Waals surface area contributed by atoms with Gasteiger partial charge in [-0.05, 0) is 43.5 Å². The number of nitrogens with one attached hydrogen (secondary N) is 1. The number of carbonyl (C=O) groups is 2. The Kier molecular flexibility index (Phi) is 6.60. The van der Waals surface area contributed by atoms with Gasteiger partial charge in [0.2, 0.25) is 0 Å². The zero-order valence-electron chi connectivity index (χ0n) is 11.0. The molecule has 1 amide bonds. The predicted octanol–water partition coefficient (Wildman–Crippen LogP) is 1.93. The van der Waals surface area contributed by atoms with Gasteiger partial charge in [0.15, 0.2) is 0 Å². The first-order valence-electron chi connectivity index (χ1n) is 6.25. The standard InChI is InChI=1S/C14H19NO4/c1-19-10-4-2-3-9-15-13(16)11-5-7-12(8-6-11)14(17)18/h5-8H,2-4,9-10H2,1H3,(H,15,16)(H,17,18). The molecule has 5 heteroatoms. The fraction of sp³-hybridized carbons (Fsp3) is 0.429. The number of carboxylic acids is 1. The summed E-state index contributed by atoms with van der Waals surface area (Å²) in [5, 5.41) is 11.5. The molecule has 0 aliphatic carbocycles. The minimum atomic E-state index is -0.995. The maximum atomic E-state index is 11.7. The first-order valence-corrected chi connectivity index (χ1v) is 6.25. The van der Waals surface area contributed by atoms with E-state index in [-0.39, 0.29) is 11.5 Å². The van der Waals surface area contributed by atoms with E-state index >= 15 is 0 Å². The number of methoxy groups -OCH3 is 1. The van der Waals surface area contributed by atoms with Crippen molar-refractivity contribution >= 4 is 11.9 Å². The van der Waals surface area contributed by atoms with Crippen LogP contribution in [0.1, 0.15) is 40.0 Å². The molecule has 0 radical (unpaired) electrons. The Morgan fingerprint density at radius 2 is 1.74 bits per heavy atom. The van der Waals surface area contributed by atoms with Crippen LogP contribution in [0.15, 0.2) is 24.3 Å². The van der Waals surface area contributed by atoms with Crippen LogP contribution in [0, 0.1) is 0 Å². The highest BCUT2D eigenvalue weighted by Gasteiger charge is 2.06. The van der Waals surface area contributed by atoms with E-state index in [0.717, 1.165) is 25.9 Å². The van der Waals surface area contributed by atoms with Crippen molar-refractivity contribution in [2.75, 3.05) is 20.3 Å². The quantitative estimate of drug-likeness (QED) is 0.704. The fourth-order valence-electron chi connectivity index (χ4n) is 1.62. The second kappa shape index (κ2) is 8.26. The van der Waals surface area contributed by atoms with Crippen LogP contribution in [0.2, 0.25) is 0 Å².